The first-order valence-electron chi connectivity index (χ1n) is 7.08. The highest BCUT2D eigenvalue weighted by Crippen LogP contribution is 2.37. The fourth-order valence-electron chi connectivity index (χ4n) is 2.45. The summed E-state index contributed by atoms with van der Waals surface area (Å²) >= 11 is 0. The summed E-state index contributed by atoms with van der Waals surface area (Å²) in [5, 5.41) is 0. The van der Waals surface area contributed by atoms with Crippen molar-refractivity contribution in [3.63, 3.8) is 0 Å². The van der Waals surface area contributed by atoms with Gasteiger partial charge in [-0.05, 0) is 33.2 Å². The van der Waals surface area contributed by atoms with Gasteiger partial charge >= 0.3 is 7.12 Å². The predicted molar refractivity (Wildman–Crippen MR) is 76.8 cm³/mol. The fourth-order valence-corrected chi connectivity index (χ4v) is 2.45. The average Bonchev–Trinajstić information content (AvgIpc) is 2.97. The van der Waals surface area contributed by atoms with Crippen LogP contribution >= 0.6 is 0 Å². The molecule has 0 saturated carbocycles. The molecule has 0 radical (unpaired) electrons. The third-order valence-electron chi connectivity index (χ3n) is 4.38. The Labute approximate surface area is 120 Å². The molecule has 0 aliphatic carbocycles. The zero-order valence-corrected chi connectivity index (χ0v) is 12.5. The molecule has 4 nitrogen and oxygen atoms in total. The van der Waals surface area contributed by atoms with Crippen molar-refractivity contribution in [3.8, 4) is 0 Å². The zero-order chi connectivity index (χ0) is 14.4. The third-order valence-corrected chi connectivity index (χ3v) is 4.38. The lowest BCUT2D eigenvalue weighted by Gasteiger charge is -2.32. The maximum absolute atomic E-state index is 6.12. The summed E-state index contributed by atoms with van der Waals surface area (Å²) in [5.41, 5.74) is 1.28. The van der Waals surface area contributed by atoms with Crippen LogP contribution in [0.1, 0.15) is 39.5 Å². The molecule has 2 aliphatic rings. The minimum Gasteiger partial charge on any atom is -0.399 e. The van der Waals surface area contributed by atoms with Crippen LogP contribution in [-0.4, -0.2) is 31.5 Å². The van der Waals surface area contributed by atoms with Gasteiger partial charge in [-0.3, -0.25) is 0 Å². The Morgan fingerprint density at radius 1 is 0.950 bits per heavy atom. The standard InChI is InChI=1S/C15H21BO4/c1-14(2)15(3,4)20-16(19-14)12-8-6-5-7-11(12)13-17-9-10-18-13/h5-8,13H,9-10H2,1-4H3. The summed E-state index contributed by atoms with van der Waals surface area (Å²) in [6.45, 7) is 9.47. The van der Waals surface area contributed by atoms with Gasteiger partial charge in [-0.2, -0.15) is 0 Å². The van der Waals surface area contributed by atoms with Gasteiger partial charge < -0.3 is 18.8 Å². The van der Waals surface area contributed by atoms with Crippen LogP contribution in [0.25, 0.3) is 0 Å². The Hall–Kier alpha value is -0.875. The zero-order valence-electron chi connectivity index (χ0n) is 12.5. The van der Waals surface area contributed by atoms with Crippen molar-refractivity contribution in [3.05, 3.63) is 29.8 Å². The van der Waals surface area contributed by atoms with E-state index in [1.54, 1.807) is 0 Å². The molecule has 0 bridgehead atoms. The van der Waals surface area contributed by atoms with Gasteiger partial charge in [0, 0.05) is 5.56 Å². The first kappa shape index (κ1) is 14.1. The van der Waals surface area contributed by atoms with Gasteiger partial charge in [-0.15, -0.1) is 0 Å². The van der Waals surface area contributed by atoms with E-state index in [2.05, 4.69) is 27.7 Å². The summed E-state index contributed by atoms with van der Waals surface area (Å²) in [5.74, 6) is 0. The Balaban J connectivity index is 1.92. The van der Waals surface area contributed by atoms with E-state index >= 15 is 0 Å². The molecule has 20 heavy (non-hydrogen) atoms. The molecule has 5 heteroatoms. The van der Waals surface area contributed by atoms with E-state index in [0.717, 1.165) is 11.0 Å². The highest BCUT2D eigenvalue weighted by molar-refractivity contribution is 6.62. The van der Waals surface area contributed by atoms with E-state index in [0.29, 0.717) is 13.2 Å². The minimum atomic E-state index is -0.385. The predicted octanol–water partition coefficient (Wildman–Crippen LogP) is 2.03. The van der Waals surface area contributed by atoms with E-state index in [4.69, 9.17) is 18.8 Å². The average molecular weight is 276 g/mol. The number of rotatable bonds is 2. The Morgan fingerprint density at radius 3 is 2.10 bits per heavy atom. The van der Waals surface area contributed by atoms with Crippen LogP contribution in [0.5, 0.6) is 0 Å². The van der Waals surface area contributed by atoms with Crippen LogP contribution in [0, 0.1) is 0 Å². The van der Waals surface area contributed by atoms with Crippen LogP contribution in [0.4, 0.5) is 0 Å². The molecule has 0 atom stereocenters. The van der Waals surface area contributed by atoms with E-state index in [-0.39, 0.29) is 24.6 Å². The SMILES string of the molecule is CC1(C)OB(c2ccccc2C2OCCO2)OC1(C)C. The third kappa shape index (κ3) is 2.29. The molecule has 1 aromatic carbocycles. The van der Waals surface area contributed by atoms with Crippen molar-refractivity contribution in [1.82, 2.24) is 0 Å². The van der Waals surface area contributed by atoms with Gasteiger partial charge in [0.15, 0.2) is 6.29 Å². The summed E-state index contributed by atoms with van der Waals surface area (Å²) in [6, 6.07) is 7.99. The van der Waals surface area contributed by atoms with Gasteiger partial charge in [0.25, 0.3) is 0 Å². The minimum absolute atomic E-state index is 0.315. The van der Waals surface area contributed by atoms with Gasteiger partial charge in [0.05, 0.1) is 24.4 Å². The van der Waals surface area contributed by atoms with Crippen molar-refractivity contribution < 1.29 is 18.8 Å². The van der Waals surface area contributed by atoms with E-state index in [1.165, 1.54) is 0 Å². The maximum Gasteiger partial charge on any atom is 0.495 e. The fraction of sp³-hybridized carbons (Fsp3) is 0.600. The second kappa shape index (κ2) is 4.84. The van der Waals surface area contributed by atoms with Gasteiger partial charge in [0.1, 0.15) is 0 Å². The van der Waals surface area contributed by atoms with Crippen molar-refractivity contribution in [2.24, 2.45) is 0 Å². The molecular formula is C15H21BO4. The second-order valence-electron chi connectivity index (χ2n) is 6.29. The lowest BCUT2D eigenvalue weighted by Crippen LogP contribution is -2.41. The topological polar surface area (TPSA) is 36.9 Å². The van der Waals surface area contributed by atoms with Crippen LogP contribution in [0.15, 0.2) is 24.3 Å². The molecule has 0 unspecified atom stereocenters. The summed E-state index contributed by atoms with van der Waals surface area (Å²) < 4.78 is 23.5. The van der Waals surface area contributed by atoms with E-state index in [9.17, 15) is 0 Å². The lowest BCUT2D eigenvalue weighted by molar-refractivity contribution is -0.0435. The molecule has 0 aromatic heterocycles. The maximum atomic E-state index is 6.12. The normalized spacial score (nSPS) is 25.3. The molecule has 0 spiro atoms. The summed E-state index contributed by atoms with van der Waals surface area (Å²) in [7, 11) is -0.385. The molecule has 2 aliphatic heterocycles. The van der Waals surface area contributed by atoms with Crippen molar-refractivity contribution in [2.75, 3.05) is 13.2 Å². The lowest BCUT2D eigenvalue weighted by atomic mass is 9.76. The summed E-state index contributed by atoms with van der Waals surface area (Å²) in [6.07, 6.45) is -0.315. The van der Waals surface area contributed by atoms with Gasteiger partial charge in [0.2, 0.25) is 0 Å². The van der Waals surface area contributed by atoms with E-state index in [1.807, 2.05) is 24.3 Å². The molecule has 108 valence electrons. The molecule has 2 heterocycles. The molecule has 1 aromatic rings. The Bertz CT molecular complexity index is 478. The smallest absolute Gasteiger partial charge is 0.399 e. The number of ether oxygens (including phenoxy) is 2. The highest BCUT2D eigenvalue weighted by atomic mass is 16.7. The number of benzene rings is 1. The first-order valence-corrected chi connectivity index (χ1v) is 7.08. The van der Waals surface area contributed by atoms with Gasteiger partial charge in [-0.25, -0.2) is 0 Å². The van der Waals surface area contributed by atoms with Gasteiger partial charge in [-0.1, -0.05) is 24.3 Å². The highest BCUT2D eigenvalue weighted by Gasteiger charge is 2.52. The molecule has 3 rings (SSSR count). The van der Waals surface area contributed by atoms with Crippen LogP contribution in [-0.2, 0) is 18.8 Å². The first-order chi connectivity index (χ1) is 9.41. The molecule has 2 saturated heterocycles. The van der Waals surface area contributed by atoms with E-state index < -0.39 is 0 Å². The van der Waals surface area contributed by atoms with Crippen molar-refractivity contribution >= 4 is 12.6 Å². The largest absolute Gasteiger partial charge is 0.495 e. The Kier molecular flexibility index (Phi) is 3.41. The molecule has 0 N–H and O–H groups in total. The number of hydrogen-bond donors (Lipinski definition) is 0. The monoisotopic (exact) mass is 276 g/mol. The van der Waals surface area contributed by atoms with Crippen LogP contribution < -0.4 is 5.46 Å². The summed E-state index contributed by atoms with van der Waals surface area (Å²) in [4.78, 5) is 0. The van der Waals surface area contributed by atoms with Crippen molar-refractivity contribution in [2.45, 2.75) is 45.2 Å². The number of hydrogen-bond acceptors (Lipinski definition) is 4. The quantitative estimate of drug-likeness (QED) is 0.774. The van der Waals surface area contributed by atoms with Crippen LogP contribution in [0.2, 0.25) is 0 Å². The van der Waals surface area contributed by atoms with Crippen LogP contribution in [0.3, 0.4) is 0 Å². The molecule has 2 fully saturated rings. The second-order valence-corrected chi connectivity index (χ2v) is 6.29. The molecule has 0 amide bonds. The molecular weight excluding hydrogens is 255 g/mol. The Morgan fingerprint density at radius 2 is 1.50 bits per heavy atom. The van der Waals surface area contributed by atoms with Crippen molar-refractivity contribution in [1.29, 1.82) is 0 Å².